The van der Waals surface area contributed by atoms with Crippen LogP contribution in [0, 0.1) is 0 Å². The Morgan fingerprint density at radius 3 is 2.70 bits per heavy atom. The van der Waals surface area contributed by atoms with Crippen molar-refractivity contribution in [3.63, 3.8) is 0 Å². The van der Waals surface area contributed by atoms with Gasteiger partial charge in [-0.3, -0.25) is 0 Å². The molecule has 20 heavy (non-hydrogen) atoms. The molecule has 0 fully saturated rings. The Balaban J connectivity index is 1.91. The number of fused-ring (bicyclic) bond motifs is 1. The summed E-state index contributed by atoms with van der Waals surface area (Å²) >= 11 is 15.1. The molecule has 0 unspecified atom stereocenters. The zero-order chi connectivity index (χ0) is 14.1. The van der Waals surface area contributed by atoms with Crippen LogP contribution >= 0.6 is 45.9 Å². The van der Waals surface area contributed by atoms with Crippen LogP contribution in [0.25, 0.3) is 10.2 Å². The number of halogens is 2. The summed E-state index contributed by atoms with van der Waals surface area (Å²) in [4.78, 5) is 11.9. The summed E-state index contributed by atoms with van der Waals surface area (Å²) in [5.41, 5.74) is 0. The number of hydrogen-bond donors (Lipinski definition) is 1. The Hall–Kier alpha value is -0.880. The Kier molecular flexibility index (Phi) is 4.12. The molecule has 0 spiro atoms. The molecule has 7 heteroatoms. The minimum Gasteiger partial charge on any atom is -0.364 e. The average molecular weight is 344 g/mol. The number of nitrogens with zero attached hydrogens (tertiary/aromatic N) is 2. The van der Waals surface area contributed by atoms with Gasteiger partial charge in [-0.2, -0.15) is 0 Å². The molecule has 0 radical (unpaired) electrons. The molecule has 0 aliphatic heterocycles. The van der Waals surface area contributed by atoms with Gasteiger partial charge in [-0.15, -0.1) is 22.7 Å². The topological polar surface area (TPSA) is 37.8 Å². The molecule has 0 saturated heterocycles. The molecule has 3 rings (SSSR count). The molecule has 0 atom stereocenters. The summed E-state index contributed by atoms with van der Waals surface area (Å²) in [6.45, 7) is 2.80. The van der Waals surface area contributed by atoms with Gasteiger partial charge in [0.1, 0.15) is 10.6 Å². The van der Waals surface area contributed by atoms with Crippen LogP contribution in [-0.4, -0.2) is 9.97 Å². The maximum atomic E-state index is 5.99. The zero-order valence-corrected chi connectivity index (χ0v) is 13.8. The van der Waals surface area contributed by atoms with Gasteiger partial charge in [-0.05, 0) is 36.2 Å². The van der Waals surface area contributed by atoms with Crippen molar-refractivity contribution in [1.29, 1.82) is 0 Å². The van der Waals surface area contributed by atoms with Gasteiger partial charge in [-0.1, -0.05) is 18.5 Å². The number of aryl methyl sites for hydroxylation is 1. The number of aromatic nitrogens is 2. The predicted molar refractivity (Wildman–Crippen MR) is 88.5 cm³/mol. The lowest BCUT2D eigenvalue weighted by Gasteiger charge is -2.05. The molecule has 0 aliphatic carbocycles. The van der Waals surface area contributed by atoms with E-state index in [-0.39, 0.29) is 5.28 Å². The molecule has 0 saturated carbocycles. The third-order valence-corrected chi connectivity index (χ3v) is 5.40. The molecule has 0 bridgehead atoms. The molecular weight excluding hydrogens is 333 g/mol. The highest BCUT2D eigenvalue weighted by molar-refractivity contribution is 7.18. The molecule has 3 aromatic heterocycles. The highest BCUT2D eigenvalue weighted by Gasteiger charge is 2.10. The summed E-state index contributed by atoms with van der Waals surface area (Å²) in [7, 11) is 0. The van der Waals surface area contributed by atoms with Crippen LogP contribution < -0.4 is 5.32 Å². The van der Waals surface area contributed by atoms with Gasteiger partial charge in [0.25, 0.3) is 0 Å². The van der Waals surface area contributed by atoms with E-state index in [0.29, 0.717) is 6.54 Å². The second-order valence-electron chi connectivity index (χ2n) is 4.19. The highest BCUT2D eigenvalue weighted by atomic mass is 35.5. The fourth-order valence-corrected chi connectivity index (χ4v) is 4.09. The van der Waals surface area contributed by atoms with Crippen LogP contribution in [0.5, 0.6) is 0 Å². The minimum absolute atomic E-state index is 0.272. The fourth-order valence-electron chi connectivity index (χ4n) is 1.87. The molecule has 3 nitrogen and oxygen atoms in total. The maximum Gasteiger partial charge on any atom is 0.225 e. The zero-order valence-electron chi connectivity index (χ0n) is 10.6. The van der Waals surface area contributed by atoms with Gasteiger partial charge in [0.05, 0.1) is 16.3 Å². The van der Waals surface area contributed by atoms with E-state index in [0.717, 1.165) is 31.7 Å². The van der Waals surface area contributed by atoms with Crippen LogP contribution in [0.4, 0.5) is 5.82 Å². The smallest absolute Gasteiger partial charge is 0.225 e. The lowest BCUT2D eigenvalue weighted by molar-refractivity contribution is 1.13. The first kappa shape index (κ1) is 14.1. The second kappa shape index (κ2) is 5.85. The van der Waals surface area contributed by atoms with Gasteiger partial charge >= 0.3 is 0 Å². The number of nitrogens with one attached hydrogen (secondary N) is 1. The van der Waals surface area contributed by atoms with Crippen molar-refractivity contribution in [2.75, 3.05) is 5.32 Å². The summed E-state index contributed by atoms with van der Waals surface area (Å²) in [6.07, 6.45) is 0.985. The van der Waals surface area contributed by atoms with Gasteiger partial charge in [0, 0.05) is 9.75 Å². The van der Waals surface area contributed by atoms with Crippen molar-refractivity contribution in [3.8, 4) is 0 Å². The van der Waals surface area contributed by atoms with E-state index in [9.17, 15) is 0 Å². The third kappa shape index (κ3) is 2.91. The van der Waals surface area contributed by atoms with Crippen LogP contribution in [0.2, 0.25) is 9.62 Å². The first-order valence-electron chi connectivity index (χ1n) is 6.09. The van der Waals surface area contributed by atoms with Gasteiger partial charge in [-0.25, -0.2) is 9.97 Å². The van der Waals surface area contributed by atoms with Crippen LogP contribution in [0.1, 0.15) is 16.7 Å². The molecule has 0 aliphatic rings. The third-order valence-electron chi connectivity index (χ3n) is 2.82. The average Bonchev–Trinajstić information content (AvgIpc) is 3.01. The quantitative estimate of drug-likeness (QED) is 0.658. The van der Waals surface area contributed by atoms with Crippen molar-refractivity contribution >= 4 is 61.9 Å². The molecule has 3 heterocycles. The molecule has 104 valence electrons. The van der Waals surface area contributed by atoms with Crippen LogP contribution in [0.3, 0.4) is 0 Å². The fraction of sp³-hybridized carbons (Fsp3) is 0.231. The van der Waals surface area contributed by atoms with Crippen molar-refractivity contribution in [2.24, 2.45) is 0 Å². The van der Waals surface area contributed by atoms with E-state index in [4.69, 9.17) is 23.2 Å². The van der Waals surface area contributed by atoms with E-state index in [2.05, 4.69) is 28.3 Å². The number of hydrogen-bond acceptors (Lipinski definition) is 5. The Morgan fingerprint density at radius 1 is 1.15 bits per heavy atom. The number of rotatable bonds is 4. The van der Waals surface area contributed by atoms with E-state index in [1.807, 2.05) is 12.1 Å². The normalized spacial score (nSPS) is 11.2. The lowest BCUT2D eigenvalue weighted by atomic mass is 10.3. The van der Waals surface area contributed by atoms with Gasteiger partial charge in [0.15, 0.2) is 0 Å². The maximum absolute atomic E-state index is 5.99. The standard InChI is InChI=1S/C13H11Cl2N3S2/c1-2-7-5-9-11(17-13(15)18-12(9)20-7)16-6-8-3-4-10(14)19-8/h3-5H,2,6H2,1H3,(H,16,17,18). The van der Waals surface area contributed by atoms with Crippen molar-refractivity contribution in [1.82, 2.24) is 9.97 Å². The monoisotopic (exact) mass is 343 g/mol. The Morgan fingerprint density at radius 2 is 2.00 bits per heavy atom. The van der Waals surface area contributed by atoms with Crippen LogP contribution in [0.15, 0.2) is 18.2 Å². The van der Waals surface area contributed by atoms with Crippen molar-refractivity contribution in [3.05, 3.63) is 37.6 Å². The number of thiophene rings is 2. The first-order valence-corrected chi connectivity index (χ1v) is 8.48. The molecule has 0 aromatic carbocycles. The largest absolute Gasteiger partial charge is 0.364 e. The SMILES string of the molecule is CCc1cc2c(NCc3ccc(Cl)s3)nc(Cl)nc2s1. The van der Waals surface area contributed by atoms with E-state index in [1.54, 1.807) is 22.7 Å². The van der Waals surface area contributed by atoms with Crippen molar-refractivity contribution in [2.45, 2.75) is 19.9 Å². The highest BCUT2D eigenvalue weighted by Crippen LogP contribution is 2.31. The first-order chi connectivity index (χ1) is 9.65. The Labute approximate surface area is 134 Å². The summed E-state index contributed by atoms with van der Waals surface area (Å²) in [5, 5.41) is 4.62. The van der Waals surface area contributed by atoms with Crippen molar-refractivity contribution < 1.29 is 0 Å². The predicted octanol–water partition coefficient (Wildman–Crippen LogP) is 5.23. The van der Waals surface area contributed by atoms with E-state index in [1.165, 1.54) is 4.88 Å². The lowest BCUT2D eigenvalue weighted by Crippen LogP contribution is -2.01. The van der Waals surface area contributed by atoms with Gasteiger partial charge in [0.2, 0.25) is 5.28 Å². The summed E-state index contributed by atoms with van der Waals surface area (Å²) in [6, 6.07) is 6.02. The Bertz CT molecular complexity index is 751. The van der Waals surface area contributed by atoms with E-state index >= 15 is 0 Å². The summed E-state index contributed by atoms with van der Waals surface area (Å²) < 4.78 is 0.788. The minimum atomic E-state index is 0.272. The molecule has 0 amide bonds. The van der Waals surface area contributed by atoms with Crippen LogP contribution in [-0.2, 0) is 13.0 Å². The van der Waals surface area contributed by atoms with E-state index < -0.39 is 0 Å². The molecule has 3 aromatic rings. The number of anilines is 1. The summed E-state index contributed by atoms with van der Waals surface area (Å²) in [5.74, 6) is 0.778. The van der Waals surface area contributed by atoms with Gasteiger partial charge < -0.3 is 5.32 Å². The second-order valence-corrected chi connectivity index (χ2v) is 7.44. The molecular formula is C13H11Cl2N3S2. The molecule has 1 N–H and O–H groups in total.